The topological polar surface area (TPSA) is 58.6 Å². The van der Waals surface area contributed by atoms with Crippen molar-refractivity contribution in [3.63, 3.8) is 0 Å². The maximum atomic E-state index is 13.5. The number of halogens is 2. The molecule has 0 aromatic heterocycles. The first-order valence-corrected chi connectivity index (χ1v) is 6.93. The third kappa shape index (κ3) is 3.83. The number of phenolic OH excluding ortho intramolecular Hbond substituents is 1. The Morgan fingerprint density at radius 2 is 2.29 bits per heavy atom. The van der Waals surface area contributed by atoms with E-state index in [0.717, 1.165) is 0 Å². The minimum atomic E-state index is -2.74. The van der Waals surface area contributed by atoms with Gasteiger partial charge in [-0.05, 0) is 31.0 Å². The molecular formula is C15H19F2NO3. The molecule has 6 heteroatoms. The molecule has 0 heterocycles. The molecule has 1 aromatic rings. The van der Waals surface area contributed by atoms with Gasteiger partial charge in [0.05, 0.1) is 7.11 Å². The Balaban J connectivity index is 1.89. The van der Waals surface area contributed by atoms with Crippen LogP contribution in [-0.2, 0) is 11.3 Å². The van der Waals surface area contributed by atoms with Crippen molar-refractivity contribution in [1.29, 1.82) is 0 Å². The summed E-state index contributed by atoms with van der Waals surface area (Å²) in [5.41, 5.74) is 0.487. The smallest absolute Gasteiger partial charge is 0.251 e. The predicted octanol–water partition coefficient (Wildman–Crippen LogP) is 2.84. The van der Waals surface area contributed by atoms with Crippen LogP contribution in [0.2, 0.25) is 0 Å². The molecule has 0 saturated heterocycles. The molecule has 2 rings (SSSR count). The number of aromatic hydroxyl groups is 1. The second kappa shape index (κ2) is 6.28. The van der Waals surface area contributed by atoms with Gasteiger partial charge in [-0.25, -0.2) is 8.78 Å². The number of methoxy groups -OCH3 is 1. The number of alkyl halides is 2. The van der Waals surface area contributed by atoms with E-state index in [-0.39, 0.29) is 25.1 Å². The number of carbonyl (C=O) groups excluding carboxylic acids is 1. The highest BCUT2D eigenvalue weighted by molar-refractivity contribution is 5.76. The van der Waals surface area contributed by atoms with Gasteiger partial charge in [-0.3, -0.25) is 4.79 Å². The molecule has 21 heavy (non-hydrogen) atoms. The van der Waals surface area contributed by atoms with Gasteiger partial charge >= 0.3 is 0 Å². The van der Waals surface area contributed by atoms with Crippen molar-refractivity contribution in [2.24, 2.45) is 5.92 Å². The van der Waals surface area contributed by atoms with Crippen molar-refractivity contribution < 1.29 is 23.4 Å². The van der Waals surface area contributed by atoms with Crippen LogP contribution in [0.1, 0.15) is 31.2 Å². The molecule has 1 fully saturated rings. The lowest BCUT2D eigenvalue weighted by Gasteiger charge is -2.18. The van der Waals surface area contributed by atoms with E-state index in [4.69, 9.17) is 4.74 Å². The largest absolute Gasteiger partial charge is 0.508 e. The highest BCUT2D eigenvalue weighted by atomic mass is 19.3. The standard InChI is InChI=1S/C15H19F2NO3/c1-21-12-4-5-13(19)10(7-12)9-18-14(20)8-11-3-2-6-15(11,16)17/h4-5,7,11,19H,2-3,6,8-9H2,1H3,(H,18,20). The van der Waals surface area contributed by atoms with Crippen molar-refractivity contribution in [3.8, 4) is 11.5 Å². The summed E-state index contributed by atoms with van der Waals surface area (Å²) in [6.07, 6.45) is 0.520. The van der Waals surface area contributed by atoms with Gasteiger partial charge in [0.15, 0.2) is 0 Å². The third-order valence-corrected chi connectivity index (χ3v) is 3.85. The van der Waals surface area contributed by atoms with Crippen LogP contribution in [0.15, 0.2) is 18.2 Å². The Morgan fingerprint density at radius 1 is 1.52 bits per heavy atom. The summed E-state index contributed by atoms with van der Waals surface area (Å²) in [6.45, 7) is 0.0835. The Labute approximate surface area is 122 Å². The van der Waals surface area contributed by atoms with Gasteiger partial charge in [-0.2, -0.15) is 0 Å². The summed E-state index contributed by atoms with van der Waals surface area (Å²) >= 11 is 0. The molecule has 116 valence electrons. The van der Waals surface area contributed by atoms with Crippen molar-refractivity contribution in [2.75, 3.05) is 7.11 Å². The molecule has 0 bridgehead atoms. The minimum Gasteiger partial charge on any atom is -0.508 e. The number of hydrogen-bond donors (Lipinski definition) is 2. The van der Waals surface area contributed by atoms with E-state index < -0.39 is 17.7 Å². The number of rotatable bonds is 5. The quantitative estimate of drug-likeness (QED) is 0.879. The van der Waals surface area contributed by atoms with Gasteiger partial charge in [0.2, 0.25) is 5.91 Å². The fourth-order valence-corrected chi connectivity index (χ4v) is 2.57. The van der Waals surface area contributed by atoms with Crippen LogP contribution in [0.5, 0.6) is 11.5 Å². The molecule has 1 saturated carbocycles. The zero-order valence-electron chi connectivity index (χ0n) is 11.9. The van der Waals surface area contributed by atoms with E-state index in [9.17, 15) is 18.7 Å². The molecule has 0 radical (unpaired) electrons. The molecule has 1 aromatic carbocycles. The summed E-state index contributed by atoms with van der Waals surface area (Å²) in [6, 6.07) is 4.66. The number of phenols is 1. The fourth-order valence-electron chi connectivity index (χ4n) is 2.57. The SMILES string of the molecule is COc1ccc(O)c(CNC(=O)CC2CCCC2(F)F)c1. The summed E-state index contributed by atoms with van der Waals surface area (Å²) in [4.78, 5) is 11.8. The molecule has 0 spiro atoms. The number of benzene rings is 1. The lowest BCUT2D eigenvalue weighted by atomic mass is 10.0. The summed E-state index contributed by atoms with van der Waals surface area (Å²) in [5.74, 6) is -3.46. The number of carbonyl (C=O) groups is 1. The van der Waals surface area contributed by atoms with E-state index in [1.165, 1.54) is 13.2 Å². The first-order chi connectivity index (χ1) is 9.92. The van der Waals surface area contributed by atoms with Gasteiger partial charge in [0, 0.05) is 30.9 Å². The van der Waals surface area contributed by atoms with Crippen molar-refractivity contribution >= 4 is 5.91 Å². The number of nitrogens with one attached hydrogen (secondary N) is 1. The maximum absolute atomic E-state index is 13.5. The monoisotopic (exact) mass is 299 g/mol. The molecule has 0 aliphatic heterocycles. The third-order valence-electron chi connectivity index (χ3n) is 3.85. The Morgan fingerprint density at radius 3 is 2.90 bits per heavy atom. The van der Waals surface area contributed by atoms with Crippen LogP contribution in [0, 0.1) is 5.92 Å². The maximum Gasteiger partial charge on any atom is 0.251 e. The molecule has 1 atom stereocenters. The summed E-state index contributed by atoms with van der Waals surface area (Å²) in [5, 5.41) is 12.3. The lowest BCUT2D eigenvalue weighted by Crippen LogP contribution is -2.30. The molecule has 1 aliphatic rings. The number of amides is 1. The molecule has 1 unspecified atom stereocenters. The van der Waals surface area contributed by atoms with Gasteiger partial charge in [0.1, 0.15) is 11.5 Å². The average molecular weight is 299 g/mol. The predicted molar refractivity (Wildman–Crippen MR) is 73.4 cm³/mol. The van der Waals surface area contributed by atoms with Crippen molar-refractivity contribution in [1.82, 2.24) is 5.32 Å². The zero-order valence-corrected chi connectivity index (χ0v) is 11.9. The second-order valence-electron chi connectivity index (χ2n) is 5.33. The van der Waals surface area contributed by atoms with Crippen molar-refractivity contribution in [2.45, 2.75) is 38.2 Å². The highest BCUT2D eigenvalue weighted by Crippen LogP contribution is 2.42. The van der Waals surface area contributed by atoms with Gasteiger partial charge in [-0.1, -0.05) is 0 Å². The van der Waals surface area contributed by atoms with Crippen LogP contribution < -0.4 is 10.1 Å². The zero-order chi connectivity index (χ0) is 15.5. The van der Waals surface area contributed by atoms with Crippen LogP contribution in [0.25, 0.3) is 0 Å². The summed E-state index contributed by atoms with van der Waals surface area (Å²) < 4.78 is 31.9. The van der Waals surface area contributed by atoms with Gasteiger partial charge < -0.3 is 15.2 Å². The van der Waals surface area contributed by atoms with E-state index in [0.29, 0.717) is 24.2 Å². The minimum absolute atomic E-state index is 0.0299. The summed E-state index contributed by atoms with van der Waals surface area (Å²) in [7, 11) is 1.50. The molecule has 1 amide bonds. The Bertz CT molecular complexity index is 520. The highest BCUT2D eigenvalue weighted by Gasteiger charge is 2.44. The second-order valence-corrected chi connectivity index (χ2v) is 5.33. The van der Waals surface area contributed by atoms with Crippen LogP contribution in [0.4, 0.5) is 8.78 Å². The fraction of sp³-hybridized carbons (Fsp3) is 0.533. The first-order valence-electron chi connectivity index (χ1n) is 6.93. The average Bonchev–Trinajstić information content (AvgIpc) is 2.77. The first kappa shape index (κ1) is 15.5. The lowest BCUT2D eigenvalue weighted by molar-refractivity contribution is -0.125. The van der Waals surface area contributed by atoms with E-state index >= 15 is 0 Å². The van der Waals surface area contributed by atoms with Gasteiger partial charge in [0.25, 0.3) is 5.92 Å². The molecular weight excluding hydrogens is 280 g/mol. The van der Waals surface area contributed by atoms with Crippen LogP contribution in [0.3, 0.4) is 0 Å². The number of ether oxygens (including phenoxy) is 1. The van der Waals surface area contributed by atoms with E-state index in [1.54, 1.807) is 12.1 Å². The Kier molecular flexibility index (Phi) is 4.65. The number of hydrogen-bond acceptors (Lipinski definition) is 3. The Hall–Kier alpha value is -1.85. The van der Waals surface area contributed by atoms with Crippen molar-refractivity contribution in [3.05, 3.63) is 23.8 Å². The van der Waals surface area contributed by atoms with E-state index in [2.05, 4.69) is 5.32 Å². The van der Waals surface area contributed by atoms with Gasteiger partial charge in [-0.15, -0.1) is 0 Å². The molecule has 2 N–H and O–H groups in total. The van der Waals surface area contributed by atoms with E-state index in [1.807, 2.05) is 0 Å². The van der Waals surface area contributed by atoms with Crippen LogP contribution in [-0.4, -0.2) is 24.0 Å². The molecule has 4 nitrogen and oxygen atoms in total. The van der Waals surface area contributed by atoms with Crippen LogP contribution >= 0.6 is 0 Å². The normalized spacial score (nSPS) is 20.2. The molecule has 1 aliphatic carbocycles.